The molecule has 0 aliphatic heterocycles. The third kappa shape index (κ3) is 4.15. The molecule has 2 aromatic carbocycles. The first-order chi connectivity index (χ1) is 10.8. The molecular formula is C18H24NO3+. The van der Waals surface area contributed by atoms with Gasteiger partial charge in [-0.15, -0.1) is 0 Å². The van der Waals surface area contributed by atoms with Crippen LogP contribution in [0.25, 0.3) is 0 Å². The van der Waals surface area contributed by atoms with Crippen molar-refractivity contribution < 1.29 is 19.5 Å². The lowest BCUT2D eigenvalue weighted by atomic mass is 10.1. The van der Waals surface area contributed by atoms with Gasteiger partial charge in [0.2, 0.25) is 0 Å². The molecule has 0 radical (unpaired) electrons. The maximum Gasteiger partial charge on any atom is 0.160 e. The van der Waals surface area contributed by atoms with Gasteiger partial charge < -0.3 is 19.5 Å². The van der Waals surface area contributed by atoms with Crippen molar-refractivity contribution in [2.45, 2.75) is 13.0 Å². The molecule has 4 nitrogen and oxygen atoms in total. The highest BCUT2D eigenvalue weighted by molar-refractivity contribution is 5.42. The normalized spacial score (nSPS) is 10.3. The summed E-state index contributed by atoms with van der Waals surface area (Å²) in [6.07, 6.45) is 0.982. The molecule has 0 saturated carbocycles. The number of methoxy groups -OCH3 is 3. The third-order valence-electron chi connectivity index (χ3n) is 3.64. The minimum absolute atomic E-state index is 0.768. The fraction of sp³-hybridized carbons (Fsp3) is 0.333. The second-order valence-corrected chi connectivity index (χ2v) is 5.03. The minimum Gasteiger partial charge on any atom is -0.496 e. The summed E-state index contributed by atoms with van der Waals surface area (Å²) in [6, 6.07) is 14.2. The molecule has 2 rings (SSSR count). The SMILES string of the molecule is COc1ccccc1C[NH2+]CCc1ccc(OC)c(OC)c1. The van der Waals surface area contributed by atoms with Crippen LogP contribution in [0, 0.1) is 0 Å². The Hall–Kier alpha value is -2.20. The topological polar surface area (TPSA) is 44.3 Å². The van der Waals surface area contributed by atoms with Gasteiger partial charge in [-0.2, -0.15) is 0 Å². The van der Waals surface area contributed by atoms with Crippen molar-refractivity contribution in [2.75, 3.05) is 27.9 Å². The number of hydrogen-bond acceptors (Lipinski definition) is 3. The molecule has 0 saturated heterocycles. The lowest BCUT2D eigenvalue weighted by Gasteiger charge is -2.10. The Bertz CT molecular complexity index is 599. The summed E-state index contributed by atoms with van der Waals surface area (Å²) in [7, 11) is 5.02. The molecule has 0 aromatic heterocycles. The van der Waals surface area contributed by atoms with Crippen LogP contribution in [0.15, 0.2) is 42.5 Å². The second kappa shape index (κ2) is 8.29. The summed E-state index contributed by atoms with van der Waals surface area (Å²) in [4.78, 5) is 0. The Balaban J connectivity index is 1.86. The molecular weight excluding hydrogens is 278 g/mol. The molecule has 2 N–H and O–H groups in total. The molecule has 2 aromatic rings. The van der Waals surface area contributed by atoms with Crippen LogP contribution < -0.4 is 19.5 Å². The van der Waals surface area contributed by atoms with Crippen LogP contribution in [-0.4, -0.2) is 27.9 Å². The number of benzene rings is 2. The number of quaternary nitrogens is 1. The maximum absolute atomic E-state index is 5.37. The van der Waals surface area contributed by atoms with E-state index >= 15 is 0 Å². The quantitative estimate of drug-likeness (QED) is 0.759. The van der Waals surface area contributed by atoms with E-state index in [-0.39, 0.29) is 0 Å². The van der Waals surface area contributed by atoms with Crippen molar-refractivity contribution in [2.24, 2.45) is 0 Å². The van der Waals surface area contributed by atoms with Crippen molar-refractivity contribution in [1.82, 2.24) is 0 Å². The summed E-state index contributed by atoms with van der Waals surface area (Å²) in [5.41, 5.74) is 2.46. The van der Waals surface area contributed by atoms with E-state index in [9.17, 15) is 0 Å². The first-order valence-electron chi connectivity index (χ1n) is 7.43. The average Bonchev–Trinajstić information content (AvgIpc) is 2.58. The summed E-state index contributed by atoms with van der Waals surface area (Å²) in [5, 5.41) is 2.29. The zero-order chi connectivity index (χ0) is 15.8. The van der Waals surface area contributed by atoms with Crippen molar-refractivity contribution >= 4 is 0 Å². The third-order valence-corrected chi connectivity index (χ3v) is 3.64. The minimum atomic E-state index is 0.768. The largest absolute Gasteiger partial charge is 0.496 e. The van der Waals surface area contributed by atoms with Crippen LogP contribution in [0.1, 0.15) is 11.1 Å². The van der Waals surface area contributed by atoms with Gasteiger partial charge in [0.1, 0.15) is 12.3 Å². The molecule has 0 atom stereocenters. The van der Waals surface area contributed by atoms with E-state index in [1.165, 1.54) is 11.1 Å². The van der Waals surface area contributed by atoms with Crippen LogP contribution in [0.3, 0.4) is 0 Å². The van der Waals surface area contributed by atoms with E-state index < -0.39 is 0 Å². The number of para-hydroxylation sites is 1. The first kappa shape index (κ1) is 16.2. The molecule has 0 bridgehead atoms. The van der Waals surface area contributed by atoms with Gasteiger partial charge in [-0.05, 0) is 29.8 Å². The van der Waals surface area contributed by atoms with E-state index in [4.69, 9.17) is 14.2 Å². The van der Waals surface area contributed by atoms with Crippen LogP contribution in [0.5, 0.6) is 17.2 Å². The number of hydrogen-bond donors (Lipinski definition) is 1. The van der Waals surface area contributed by atoms with Gasteiger partial charge >= 0.3 is 0 Å². The zero-order valence-corrected chi connectivity index (χ0v) is 13.5. The number of nitrogens with two attached hydrogens (primary N) is 1. The molecule has 0 fully saturated rings. The van der Waals surface area contributed by atoms with Gasteiger partial charge in [0.15, 0.2) is 11.5 Å². The summed E-state index contributed by atoms with van der Waals surface area (Å²) >= 11 is 0. The standard InChI is InChI=1S/C18H23NO3/c1-20-16-7-5-4-6-15(16)13-19-11-10-14-8-9-17(21-2)18(12-14)22-3/h4-9,12,19H,10-11,13H2,1-3H3/p+1. The summed E-state index contributed by atoms with van der Waals surface area (Å²) in [6.45, 7) is 1.92. The predicted molar refractivity (Wildman–Crippen MR) is 86.7 cm³/mol. The second-order valence-electron chi connectivity index (χ2n) is 5.03. The van der Waals surface area contributed by atoms with Crippen molar-refractivity contribution in [3.8, 4) is 17.2 Å². The van der Waals surface area contributed by atoms with Crippen molar-refractivity contribution in [3.63, 3.8) is 0 Å². The molecule has 0 heterocycles. The molecule has 0 aliphatic rings. The molecule has 0 aliphatic carbocycles. The van der Waals surface area contributed by atoms with E-state index in [1.807, 2.05) is 30.3 Å². The molecule has 4 heteroatoms. The van der Waals surface area contributed by atoms with Gasteiger partial charge in [-0.1, -0.05) is 18.2 Å². The first-order valence-corrected chi connectivity index (χ1v) is 7.43. The fourth-order valence-corrected chi connectivity index (χ4v) is 2.43. The Morgan fingerprint density at radius 2 is 1.55 bits per heavy atom. The highest BCUT2D eigenvalue weighted by Gasteiger charge is 2.06. The Morgan fingerprint density at radius 3 is 2.27 bits per heavy atom. The fourth-order valence-electron chi connectivity index (χ4n) is 2.43. The monoisotopic (exact) mass is 302 g/mol. The summed E-state index contributed by atoms with van der Waals surface area (Å²) < 4.78 is 16.0. The Labute approximate surface area is 132 Å². The average molecular weight is 302 g/mol. The van der Waals surface area contributed by atoms with Crippen molar-refractivity contribution in [3.05, 3.63) is 53.6 Å². The lowest BCUT2D eigenvalue weighted by molar-refractivity contribution is -0.670. The highest BCUT2D eigenvalue weighted by Crippen LogP contribution is 2.27. The van der Waals surface area contributed by atoms with Gasteiger partial charge in [-0.3, -0.25) is 0 Å². The predicted octanol–water partition coefficient (Wildman–Crippen LogP) is 2.02. The van der Waals surface area contributed by atoms with Crippen molar-refractivity contribution in [1.29, 1.82) is 0 Å². The van der Waals surface area contributed by atoms with Crippen LogP contribution in [-0.2, 0) is 13.0 Å². The molecule has 118 valence electrons. The zero-order valence-electron chi connectivity index (χ0n) is 13.5. The number of ether oxygens (including phenoxy) is 3. The molecule has 0 unspecified atom stereocenters. The van der Waals surface area contributed by atoms with Gasteiger partial charge in [0, 0.05) is 12.0 Å². The maximum atomic E-state index is 5.37. The van der Waals surface area contributed by atoms with Crippen LogP contribution in [0.4, 0.5) is 0 Å². The smallest absolute Gasteiger partial charge is 0.160 e. The molecule has 0 spiro atoms. The summed E-state index contributed by atoms with van der Waals surface area (Å²) in [5.74, 6) is 2.50. The molecule has 22 heavy (non-hydrogen) atoms. The van der Waals surface area contributed by atoms with Gasteiger partial charge in [-0.25, -0.2) is 0 Å². The van der Waals surface area contributed by atoms with E-state index in [0.717, 1.165) is 36.8 Å². The van der Waals surface area contributed by atoms with E-state index in [0.29, 0.717) is 0 Å². The highest BCUT2D eigenvalue weighted by atomic mass is 16.5. The van der Waals surface area contributed by atoms with E-state index in [2.05, 4.69) is 17.4 Å². The van der Waals surface area contributed by atoms with Gasteiger partial charge in [0.05, 0.1) is 27.9 Å². The van der Waals surface area contributed by atoms with Gasteiger partial charge in [0.25, 0.3) is 0 Å². The van der Waals surface area contributed by atoms with E-state index in [1.54, 1.807) is 21.3 Å². The Kier molecular flexibility index (Phi) is 6.10. The Morgan fingerprint density at radius 1 is 0.818 bits per heavy atom. The lowest BCUT2D eigenvalue weighted by Crippen LogP contribution is -2.83. The molecule has 0 amide bonds. The van der Waals surface area contributed by atoms with Crippen LogP contribution in [0.2, 0.25) is 0 Å². The van der Waals surface area contributed by atoms with Crippen LogP contribution >= 0.6 is 0 Å². The number of rotatable bonds is 8.